The van der Waals surface area contributed by atoms with Crippen LogP contribution < -0.4 is 4.90 Å². The maximum atomic E-state index is 4.22. The first-order valence-electron chi connectivity index (χ1n) is 6.11. The van der Waals surface area contributed by atoms with E-state index in [9.17, 15) is 0 Å². The SMILES string of the molecule is CC.Cc1cncc(N2CCN(C)CC2)c1. The van der Waals surface area contributed by atoms with Crippen molar-refractivity contribution in [2.24, 2.45) is 0 Å². The zero-order valence-corrected chi connectivity index (χ0v) is 10.9. The van der Waals surface area contributed by atoms with Crippen molar-refractivity contribution in [3.63, 3.8) is 0 Å². The Balaban J connectivity index is 0.000000606. The van der Waals surface area contributed by atoms with Gasteiger partial charge in [-0.15, -0.1) is 0 Å². The fraction of sp³-hybridized carbons (Fsp3) is 0.615. The standard InChI is InChI=1S/C11H17N3.C2H6/c1-10-7-11(9-12-8-10)14-5-3-13(2)4-6-14;1-2/h7-9H,3-6H2,1-2H3;1-2H3. The first-order valence-corrected chi connectivity index (χ1v) is 6.11. The highest BCUT2D eigenvalue weighted by molar-refractivity contribution is 5.46. The minimum atomic E-state index is 1.11. The maximum absolute atomic E-state index is 4.22. The summed E-state index contributed by atoms with van der Waals surface area (Å²) >= 11 is 0. The van der Waals surface area contributed by atoms with Crippen LogP contribution >= 0.6 is 0 Å². The van der Waals surface area contributed by atoms with Crippen LogP contribution in [0.1, 0.15) is 19.4 Å². The van der Waals surface area contributed by atoms with Gasteiger partial charge in [0.1, 0.15) is 0 Å². The number of pyridine rings is 1. The van der Waals surface area contributed by atoms with E-state index >= 15 is 0 Å². The van der Waals surface area contributed by atoms with Crippen molar-refractivity contribution < 1.29 is 0 Å². The molecule has 1 aliphatic heterocycles. The highest BCUT2D eigenvalue weighted by atomic mass is 15.2. The van der Waals surface area contributed by atoms with Crippen molar-refractivity contribution in [3.8, 4) is 0 Å². The van der Waals surface area contributed by atoms with Crippen LogP contribution in [0.2, 0.25) is 0 Å². The van der Waals surface area contributed by atoms with Crippen LogP contribution in [0.25, 0.3) is 0 Å². The first-order chi connectivity index (χ1) is 7.75. The number of rotatable bonds is 1. The Kier molecular flexibility index (Phi) is 5.26. The van der Waals surface area contributed by atoms with Crippen molar-refractivity contribution in [2.75, 3.05) is 38.1 Å². The molecular formula is C13H23N3. The number of aromatic nitrogens is 1. The number of anilines is 1. The van der Waals surface area contributed by atoms with Gasteiger partial charge in [-0.25, -0.2) is 0 Å². The lowest BCUT2D eigenvalue weighted by atomic mass is 10.2. The average Bonchev–Trinajstić information content (AvgIpc) is 2.32. The molecule has 0 atom stereocenters. The molecule has 1 fully saturated rings. The predicted octanol–water partition coefficient (Wildman–Crippen LogP) is 2.17. The highest BCUT2D eigenvalue weighted by Crippen LogP contribution is 2.15. The summed E-state index contributed by atoms with van der Waals surface area (Å²) in [6.07, 6.45) is 3.86. The molecule has 2 rings (SSSR count). The number of aryl methyl sites for hydroxylation is 1. The smallest absolute Gasteiger partial charge is 0.0556 e. The van der Waals surface area contributed by atoms with Gasteiger partial charge in [0, 0.05) is 32.4 Å². The summed E-state index contributed by atoms with van der Waals surface area (Å²) in [7, 11) is 2.17. The van der Waals surface area contributed by atoms with Gasteiger partial charge < -0.3 is 9.80 Å². The van der Waals surface area contributed by atoms with Gasteiger partial charge in [0.2, 0.25) is 0 Å². The van der Waals surface area contributed by atoms with Crippen molar-refractivity contribution in [3.05, 3.63) is 24.0 Å². The van der Waals surface area contributed by atoms with Crippen molar-refractivity contribution in [1.82, 2.24) is 9.88 Å². The Morgan fingerprint density at radius 1 is 1.06 bits per heavy atom. The first kappa shape index (κ1) is 13.0. The van der Waals surface area contributed by atoms with E-state index in [1.807, 2.05) is 26.2 Å². The Morgan fingerprint density at radius 2 is 1.69 bits per heavy atom. The molecule has 90 valence electrons. The van der Waals surface area contributed by atoms with Crippen LogP contribution in [0.15, 0.2) is 18.5 Å². The maximum Gasteiger partial charge on any atom is 0.0556 e. The van der Waals surface area contributed by atoms with Gasteiger partial charge in [-0.3, -0.25) is 4.98 Å². The fourth-order valence-corrected chi connectivity index (χ4v) is 1.78. The number of hydrogen-bond donors (Lipinski definition) is 0. The Hall–Kier alpha value is -1.09. The van der Waals surface area contributed by atoms with Gasteiger partial charge in [-0.05, 0) is 25.6 Å². The Morgan fingerprint density at radius 3 is 2.25 bits per heavy atom. The topological polar surface area (TPSA) is 19.4 Å². The van der Waals surface area contributed by atoms with E-state index in [-0.39, 0.29) is 0 Å². The third kappa shape index (κ3) is 3.49. The molecule has 2 heterocycles. The molecule has 1 aromatic rings. The highest BCUT2D eigenvalue weighted by Gasteiger charge is 2.13. The van der Waals surface area contributed by atoms with Crippen LogP contribution in [0.3, 0.4) is 0 Å². The summed E-state index contributed by atoms with van der Waals surface area (Å²) in [6.45, 7) is 10.6. The van der Waals surface area contributed by atoms with Gasteiger partial charge in [-0.1, -0.05) is 13.8 Å². The van der Waals surface area contributed by atoms with Crippen molar-refractivity contribution in [2.45, 2.75) is 20.8 Å². The molecule has 3 heteroatoms. The summed E-state index contributed by atoms with van der Waals surface area (Å²) in [6, 6.07) is 2.21. The van der Waals surface area contributed by atoms with Crippen LogP contribution in [0.4, 0.5) is 5.69 Å². The molecule has 0 spiro atoms. The van der Waals surface area contributed by atoms with Gasteiger partial charge in [0.25, 0.3) is 0 Å². The van der Waals surface area contributed by atoms with E-state index in [0.29, 0.717) is 0 Å². The number of nitrogens with zero attached hydrogens (tertiary/aromatic N) is 3. The summed E-state index contributed by atoms with van der Waals surface area (Å²) in [5.41, 5.74) is 2.50. The van der Waals surface area contributed by atoms with Crippen LogP contribution in [-0.2, 0) is 0 Å². The van der Waals surface area contributed by atoms with Crippen LogP contribution in [-0.4, -0.2) is 43.1 Å². The number of likely N-dealkylation sites (N-methyl/N-ethyl adjacent to an activating group) is 1. The number of piperazine rings is 1. The number of hydrogen-bond acceptors (Lipinski definition) is 3. The van der Waals surface area contributed by atoms with Gasteiger partial charge in [0.15, 0.2) is 0 Å². The van der Waals surface area contributed by atoms with E-state index < -0.39 is 0 Å². The molecule has 0 aliphatic carbocycles. The predicted molar refractivity (Wildman–Crippen MR) is 70.0 cm³/mol. The van der Waals surface area contributed by atoms with E-state index in [4.69, 9.17) is 0 Å². The van der Waals surface area contributed by atoms with E-state index in [1.165, 1.54) is 11.3 Å². The zero-order chi connectivity index (χ0) is 12.0. The summed E-state index contributed by atoms with van der Waals surface area (Å²) in [4.78, 5) is 8.99. The molecular weight excluding hydrogens is 198 g/mol. The molecule has 0 saturated carbocycles. The second-order valence-corrected chi connectivity index (χ2v) is 4.01. The molecule has 0 amide bonds. The van der Waals surface area contributed by atoms with E-state index in [0.717, 1.165) is 26.2 Å². The van der Waals surface area contributed by atoms with Crippen LogP contribution in [0.5, 0.6) is 0 Å². The summed E-state index contributed by atoms with van der Waals surface area (Å²) in [5, 5.41) is 0. The van der Waals surface area contributed by atoms with E-state index in [1.54, 1.807) is 0 Å². The van der Waals surface area contributed by atoms with Crippen LogP contribution in [0, 0.1) is 6.92 Å². The normalized spacial score (nSPS) is 16.6. The largest absolute Gasteiger partial charge is 0.368 e. The lowest BCUT2D eigenvalue weighted by Crippen LogP contribution is -2.44. The van der Waals surface area contributed by atoms with Gasteiger partial charge in [-0.2, -0.15) is 0 Å². The fourth-order valence-electron chi connectivity index (χ4n) is 1.78. The molecule has 3 nitrogen and oxygen atoms in total. The lowest BCUT2D eigenvalue weighted by molar-refractivity contribution is 0.313. The molecule has 0 radical (unpaired) electrons. The monoisotopic (exact) mass is 221 g/mol. The van der Waals surface area contributed by atoms with E-state index in [2.05, 4.69) is 34.8 Å². The minimum Gasteiger partial charge on any atom is -0.368 e. The van der Waals surface area contributed by atoms with Gasteiger partial charge >= 0.3 is 0 Å². The second-order valence-electron chi connectivity index (χ2n) is 4.01. The van der Waals surface area contributed by atoms with Gasteiger partial charge in [0.05, 0.1) is 11.9 Å². The zero-order valence-electron chi connectivity index (χ0n) is 10.9. The Bertz CT molecular complexity index is 304. The summed E-state index contributed by atoms with van der Waals surface area (Å²) < 4.78 is 0. The molecule has 1 aromatic heterocycles. The van der Waals surface area contributed by atoms with Crippen molar-refractivity contribution in [1.29, 1.82) is 0 Å². The molecule has 1 aliphatic rings. The average molecular weight is 221 g/mol. The third-order valence-corrected chi connectivity index (χ3v) is 2.73. The molecule has 0 bridgehead atoms. The summed E-state index contributed by atoms with van der Waals surface area (Å²) in [5.74, 6) is 0. The molecule has 16 heavy (non-hydrogen) atoms. The Labute approximate surface area is 99.1 Å². The second kappa shape index (κ2) is 6.48. The third-order valence-electron chi connectivity index (χ3n) is 2.73. The molecule has 1 saturated heterocycles. The lowest BCUT2D eigenvalue weighted by Gasteiger charge is -2.33. The molecule has 0 N–H and O–H groups in total. The quantitative estimate of drug-likeness (QED) is 0.724. The molecule has 0 unspecified atom stereocenters. The minimum absolute atomic E-state index is 1.11. The molecule has 0 aromatic carbocycles. The van der Waals surface area contributed by atoms with Crippen molar-refractivity contribution >= 4 is 5.69 Å².